The van der Waals surface area contributed by atoms with Gasteiger partial charge in [0.15, 0.2) is 0 Å². The van der Waals surface area contributed by atoms with E-state index in [0.29, 0.717) is 5.56 Å². The molecule has 0 radical (unpaired) electrons. The smallest absolute Gasteiger partial charge is 0.253 e. The van der Waals surface area contributed by atoms with E-state index < -0.39 is 0 Å². The first-order chi connectivity index (χ1) is 22.4. The van der Waals surface area contributed by atoms with Crippen molar-refractivity contribution in [3.8, 4) is 17.2 Å². The number of aromatic nitrogens is 1. The van der Waals surface area contributed by atoms with Crippen molar-refractivity contribution in [2.45, 2.75) is 33.2 Å². The quantitative estimate of drug-likeness (QED) is 0.214. The third-order valence-corrected chi connectivity index (χ3v) is 9.93. The lowest BCUT2D eigenvalue weighted by atomic mass is 10.1. The number of carbonyl (C=O) groups excluding carboxylic acids is 1. The molecule has 1 amide bonds. The molecule has 2 aliphatic heterocycles. The molecule has 2 fully saturated rings. The maximum absolute atomic E-state index is 13.3. The Labute approximate surface area is 274 Å². The molecule has 3 heterocycles. The first-order valence-electron chi connectivity index (χ1n) is 16.8. The fraction of sp³-hybridized carbons (Fsp3) is 0.447. The molecule has 8 nitrogen and oxygen atoms in total. The van der Waals surface area contributed by atoms with E-state index in [4.69, 9.17) is 9.47 Å². The van der Waals surface area contributed by atoms with Crippen molar-refractivity contribution >= 4 is 16.8 Å². The molecular weight excluding hydrogens is 574 g/mol. The fourth-order valence-electron chi connectivity index (χ4n) is 6.74. The highest BCUT2D eigenvalue weighted by molar-refractivity contribution is 5.94. The number of methoxy groups -OCH3 is 1. The van der Waals surface area contributed by atoms with Gasteiger partial charge in [0, 0.05) is 87.6 Å². The van der Waals surface area contributed by atoms with Crippen molar-refractivity contribution in [1.29, 1.82) is 0 Å². The summed E-state index contributed by atoms with van der Waals surface area (Å²) in [6.45, 7) is 15.5. The number of aryl methyl sites for hydroxylation is 2. The van der Waals surface area contributed by atoms with Crippen LogP contribution in [0.2, 0.25) is 0 Å². The van der Waals surface area contributed by atoms with Crippen molar-refractivity contribution in [2.75, 3.05) is 79.6 Å². The molecule has 0 saturated carbocycles. The van der Waals surface area contributed by atoms with Crippen LogP contribution in [0.15, 0.2) is 66.7 Å². The summed E-state index contributed by atoms with van der Waals surface area (Å²) >= 11 is 0. The summed E-state index contributed by atoms with van der Waals surface area (Å²) in [4.78, 5) is 22.7. The molecular formula is C38H49N5O3. The van der Waals surface area contributed by atoms with Gasteiger partial charge in [0.25, 0.3) is 5.91 Å². The Hall–Kier alpha value is -3.85. The second kappa shape index (κ2) is 14.7. The van der Waals surface area contributed by atoms with Gasteiger partial charge in [-0.1, -0.05) is 12.1 Å². The number of hydrogen-bond donors (Lipinski definition) is 0. The highest BCUT2D eigenvalue weighted by Crippen LogP contribution is 2.31. The number of likely N-dealkylation sites (N-methyl/N-ethyl adjacent to an activating group) is 1. The fourth-order valence-corrected chi connectivity index (χ4v) is 6.74. The first kappa shape index (κ1) is 32.1. The normalized spacial score (nSPS) is 16.7. The van der Waals surface area contributed by atoms with Crippen LogP contribution in [0.4, 0.5) is 0 Å². The van der Waals surface area contributed by atoms with Crippen molar-refractivity contribution in [3.63, 3.8) is 0 Å². The van der Waals surface area contributed by atoms with Gasteiger partial charge in [-0.05, 0) is 106 Å². The van der Waals surface area contributed by atoms with Crippen LogP contribution < -0.4 is 9.47 Å². The molecule has 1 aromatic heterocycles. The van der Waals surface area contributed by atoms with Gasteiger partial charge in [0.1, 0.15) is 17.2 Å². The number of ether oxygens (including phenoxy) is 2. The van der Waals surface area contributed by atoms with Crippen molar-refractivity contribution < 1.29 is 14.3 Å². The van der Waals surface area contributed by atoms with Gasteiger partial charge >= 0.3 is 0 Å². The van der Waals surface area contributed by atoms with Crippen LogP contribution >= 0.6 is 0 Å². The van der Waals surface area contributed by atoms with Crippen molar-refractivity contribution in [1.82, 2.24) is 24.2 Å². The molecule has 0 bridgehead atoms. The van der Waals surface area contributed by atoms with Crippen LogP contribution in [0, 0.1) is 13.8 Å². The van der Waals surface area contributed by atoms with E-state index in [1.807, 2.05) is 41.3 Å². The zero-order chi connectivity index (χ0) is 32.0. The predicted octanol–water partition coefficient (Wildman–Crippen LogP) is 5.70. The monoisotopic (exact) mass is 623 g/mol. The van der Waals surface area contributed by atoms with Crippen LogP contribution in [-0.2, 0) is 13.0 Å². The molecule has 0 spiro atoms. The number of carbonyl (C=O) groups is 1. The lowest BCUT2D eigenvalue weighted by Crippen LogP contribution is -2.49. The Bertz CT molecular complexity index is 1600. The van der Waals surface area contributed by atoms with Crippen LogP contribution in [0.1, 0.15) is 33.6 Å². The standard InChI is InChI=1S/C38H49N5O3/c1-29-30(2)43(18-5-17-40-22-20-39(3)21-23-40)37-15-14-35(28-36(29)37)46-34-12-8-32(9-13-34)38(44)42-26-24-41(25-27-42)19-16-31-6-10-33(45-4)11-7-31/h6-15,28H,5,16-27H2,1-4H3. The van der Waals surface area contributed by atoms with E-state index in [1.165, 1.54) is 40.8 Å². The van der Waals surface area contributed by atoms with E-state index in [9.17, 15) is 4.79 Å². The molecule has 2 saturated heterocycles. The van der Waals surface area contributed by atoms with E-state index >= 15 is 0 Å². The van der Waals surface area contributed by atoms with Crippen LogP contribution in [0.3, 0.4) is 0 Å². The van der Waals surface area contributed by atoms with Crippen LogP contribution in [0.25, 0.3) is 10.9 Å². The third kappa shape index (κ3) is 7.57. The number of fused-ring (bicyclic) bond motifs is 1. The number of rotatable bonds is 11. The summed E-state index contributed by atoms with van der Waals surface area (Å²) in [5.74, 6) is 2.52. The molecule has 0 atom stereocenters. The highest BCUT2D eigenvalue weighted by atomic mass is 16.5. The van der Waals surface area contributed by atoms with E-state index in [2.05, 4.69) is 70.5 Å². The Kier molecular flexibility index (Phi) is 10.3. The molecule has 0 N–H and O–H groups in total. The zero-order valence-corrected chi connectivity index (χ0v) is 28.0. The minimum atomic E-state index is 0.0860. The molecule has 46 heavy (non-hydrogen) atoms. The number of benzene rings is 3. The number of amides is 1. The predicted molar refractivity (Wildman–Crippen MR) is 186 cm³/mol. The summed E-state index contributed by atoms with van der Waals surface area (Å²) in [5, 5.41) is 1.24. The molecule has 8 heteroatoms. The second-order valence-corrected chi connectivity index (χ2v) is 12.9. The average Bonchev–Trinajstić information content (AvgIpc) is 3.33. The van der Waals surface area contributed by atoms with E-state index in [1.54, 1.807) is 7.11 Å². The third-order valence-electron chi connectivity index (χ3n) is 9.93. The molecule has 0 unspecified atom stereocenters. The minimum Gasteiger partial charge on any atom is -0.497 e. The van der Waals surface area contributed by atoms with Gasteiger partial charge in [0.05, 0.1) is 7.11 Å². The summed E-state index contributed by atoms with van der Waals surface area (Å²) in [6.07, 6.45) is 2.14. The zero-order valence-electron chi connectivity index (χ0n) is 28.0. The van der Waals surface area contributed by atoms with Crippen molar-refractivity contribution in [3.05, 3.63) is 89.1 Å². The lowest BCUT2D eigenvalue weighted by molar-refractivity contribution is 0.0638. The highest BCUT2D eigenvalue weighted by Gasteiger charge is 2.22. The minimum absolute atomic E-state index is 0.0860. The second-order valence-electron chi connectivity index (χ2n) is 12.9. The van der Waals surface area contributed by atoms with Gasteiger partial charge < -0.3 is 28.7 Å². The summed E-state index contributed by atoms with van der Waals surface area (Å²) in [7, 11) is 3.90. The number of piperazine rings is 2. The molecule has 4 aromatic rings. The summed E-state index contributed by atoms with van der Waals surface area (Å²) < 4.78 is 14.0. The Morgan fingerprint density at radius 2 is 1.35 bits per heavy atom. The Morgan fingerprint density at radius 3 is 2.04 bits per heavy atom. The topological polar surface area (TPSA) is 53.4 Å². The first-order valence-corrected chi connectivity index (χ1v) is 16.8. The van der Waals surface area contributed by atoms with Gasteiger partial charge in [0.2, 0.25) is 0 Å². The summed E-state index contributed by atoms with van der Waals surface area (Å²) in [5.41, 5.74) is 5.91. The Morgan fingerprint density at radius 1 is 0.717 bits per heavy atom. The summed E-state index contributed by atoms with van der Waals surface area (Å²) in [6, 6.07) is 22.3. The van der Waals surface area contributed by atoms with E-state index in [-0.39, 0.29) is 5.91 Å². The molecule has 0 aliphatic carbocycles. The maximum Gasteiger partial charge on any atom is 0.253 e. The molecule has 2 aliphatic rings. The molecule has 244 valence electrons. The SMILES string of the molecule is COc1ccc(CCN2CCN(C(=O)c3ccc(Oc4ccc5c(c4)c(C)c(C)n5CCCN4CCN(C)CC4)cc3)CC2)cc1. The van der Waals surface area contributed by atoms with Gasteiger partial charge in [-0.15, -0.1) is 0 Å². The number of hydrogen-bond acceptors (Lipinski definition) is 6. The molecule has 3 aromatic carbocycles. The van der Waals surface area contributed by atoms with Crippen LogP contribution in [-0.4, -0.2) is 110 Å². The van der Waals surface area contributed by atoms with Gasteiger partial charge in [-0.25, -0.2) is 0 Å². The maximum atomic E-state index is 13.3. The van der Waals surface area contributed by atoms with E-state index in [0.717, 1.165) is 89.0 Å². The van der Waals surface area contributed by atoms with Gasteiger partial charge in [-0.3, -0.25) is 9.69 Å². The lowest BCUT2D eigenvalue weighted by Gasteiger charge is -2.34. The average molecular weight is 624 g/mol. The number of nitrogens with zero attached hydrogens (tertiary/aromatic N) is 5. The van der Waals surface area contributed by atoms with Crippen LogP contribution in [0.5, 0.6) is 17.2 Å². The largest absolute Gasteiger partial charge is 0.497 e. The molecule has 6 rings (SSSR count). The Balaban J connectivity index is 0.998. The van der Waals surface area contributed by atoms with Crippen molar-refractivity contribution in [2.24, 2.45) is 0 Å². The van der Waals surface area contributed by atoms with Gasteiger partial charge in [-0.2, -0.15) is 0 Å².